The number of fused-ring (bicyclic) bond motifs is 1. The van der Waals surface area contributed by atoms with E-state index < -0.39 is 11.2 Å². The maximum Gasteiger partial charge on any atom is 0.179 e. The Balaban J connectivity index is 1.73. The summed E-state index contributed by atoms with van der Waals surface area (Å²) < 4.78 is 0. The van der Waals surface area contributed by atoms with Crippen molar-refractivity contribution < 1.29 is 9.78 Å². The van der Waals surface area contributed by atoms with Crippen LogP contribution in [0.15, 0.2) is 97.1 Å². The molecule has 0 radical (unpaired) electrons. The van der Waals surface area contributed by atoms with Crippen molar-refractivity contribution in [2.75, 3.05) is 0 Å². The van der Waals surface area contributed by atoms with Gasteiger partial charge in [-0.2, -0.15) is 0 Å². The quantitative estimate of drug-likeness (QED) is 0.382. The van der Waals surface area contributed by atoms with E-state index in [0.29, 0.717) is 0 Å². The zero-order valence-corrected chi connectivity index (χ0v) is 17.1. The first kappa shape index (κ1) is 17.6. The SMILES string of the molecule is Cc1ccc(C23OOC(c4ccc(C)cc4)(c4ccccc42)c2ccccc23)cc1. The molecule has 2 nitrogen and oxygen atoms in total. The third kappa shape index (κ3) is 2.10. The Hall–Kier alpha value is -3.20. The second-order valence-corrected chi connectivity index (χ2v) is 8.35. The van der Waals surface area contributed by atoms with Crippen molar-refractivity contribution in [1.82, 2.24) is 0 Å². The van der Waals surface area contributed by atoms with Gasteiger partial charge in [0.1, 0.15) is 0 Å². The van der Waals surface area contributed by atoms with Gasteiger partial charge in [-0.05, 0) is 25.0 Å². The maximum absolute atomic E-state index is 6.43. The molecule has 0 atom stereocenters. The first-order valence-electron chi connectivity index (χ1n) is 10.4. The highest BCUT2D eigenvalue weighted by Crippen LogP contribution is 2.60. The summed E-state index contributed by atoms with van der Waals surface area (Å²) in [5.41, 5.74) is 7.57. The second kappa shape index (κ2) is 6.15. The summed E-state index contributed by atoms with van der Waals surface area (Å²) in [5.74, 6) is 0. The second-order valence-electron chi connectivity index (χ2n) is 8.35. The number of benzene rings is 4. The molecule has 4 aromatic rings. The van der Waals surface area contributed by atoms with Crippen LogP contribution in [-0.2, 0) is 21.0 Å². The average molecular weight is 390 g/mol. The highest BCUT2D eigenvalue weighted by molar-refractivity contribution is 5.66. The fourth-order valence-electron chi connectivity index (χ4n) is 5.08. The van der Waals surface area contributed by atoms with Gasteiger partial charge in [0.2, 0.25) is 0 Å². The van der Waals surface area contributed by atoms with Crippen LogP contribution in [0.2, 0.25) is 0 Å². The van der Waals surface area contributed by atoms with Gasteiger partial charge >= 0.3 is 0 Å². The Bertz CT molecular complexity index is 1110. The number of rotatable bonds is 2. The van der Waals surface area contributed by atoms with Crippen LogP contribution in [0.5, 0.6) is 0 Å². The molecule has 0 amide bonds. The van der Waals surface area contributed by atoms with Gasteiger partial charge in [-0.3, -0.25) is 0 Å². The molecule has 0 fully saturated rings. The highest BCUT2D eigenvalue weighted by Gasteiger charge is 2.60. The molecular weight excluding hydrogens is 368 g/mol. The Labute approximate surface area is 176 Å². The molecule has 7 rings (SSSR count). The molecule has 0 saturated carbocycles. The van der Waals surface area contributed by atoms with Crippen LogP contribution in [0.4, 0.5) is 0 Å². The van der Waals surface area contributed by atoms with Crippen molar-refractivity contribution >= 4 is 0 Å². The Morgan fingerprint density at radius 1 is 0.433 bits per heavy atom. The fourth-order valence-corrected chi connectivity index (χ4v) is 5.08. The normalized spacial score (nSPS) is 23.7. The van der Waals surface area contributed by atoms with Crippen molar-refractivity contribution in [3.8, 4) is 0 Å². The molecule has 1 aliphatic carbocycles. The molecule has 0 saturated heterocycles. The van der Waals surface area contributed by atoms with E-state index in [-0.39, 0.29) is 0 Å². The maximum atomic E-state index is 6.43. The minimum atomic E-state index is -0.784. The van der Waals surface area contributed by atoms with Gasteiger partial charge in [0.15, 0.2) is 11.2 Å². The smallest absolute Gasteiger partial charge is 0.179 e. The summed E-state index contributed by atoms with van der Waals surface area (Å²) in [5, 5.41) is 0. The third-order valence-electron chi connectivity index (χ3n) is 6.58. The number of aryl methyl sites for hydroxylation is 2. The van der Waals surface area contributed by atoms with Crippen LogP contribution >= 0.6 is 0 Å². The van der Waals surface area contributed by atoms with Gasteiger partial charge in [0, 0.05) is 22.3 Å². The molecule has 0 spiro atoms. The molecule has 2 aliphatic heterocycles. The standard InChI is InChI=1S/C28H22O2/c1-19-11-15-21(16-12-19)27-23-7-3-5-9-25(23)28(30-29-27,22-17-13-20(2)14-18-22)26-10-6-4-8-24(26)27/h3-18H,1-2H3. The van der Waals surface area contributed by atoms with Crippen LogP contribution < -0.4 is 0 Å². The van der Waals surface area contributed by atoms with E-state index in [2.05, 4.69) is 111 Å². The summed E-state index contributed by atoms with van der Waals surface area (Å²) in [6.07, 6.45) is 0. The Morgan fingerprint density at radius 3 is 1.03 bits per heavy atom. The van der Waals surface area contributed by atoms with Gasteiger partial charge in [-0.25, -0.2) is 9.78 Å². The van der Waals surface area contributed by atoms with Crippen LogP contribution in [0.1, 0.15) is 44.5 Å². The van der Waals surface area contributed by atoms with E-state index in [1.54, 1.807) is 0 Å². The summed E-state index contributed by atoms with van der Waals surface area (Å²) in [7, 11) is 0. The van der Waals surface area contributed by atoms with Gasteiger partial charge in [-0.15, -0.1) is 0 Å². The molecular formula is C28H22O2. The monoisotopic (exact) mass is 390 g/mol. The van der Waals surface area contributed by atoms with E-state index in [1.165, 1.54) is 11.1 Å². The Morgan fingerprint density at radius 2 is 0.733 bits per heavy atom. The third-order valence-corrected chi connectivity index (χ3v) is 6.58. The van der Waals surface area contributed by atoms with E-state index >= 15 is 0 Å². The molecule has 30 heavy (non-hydrogen) atoms. The predicted molar refractivity (Wildman–Crippen MR) is 117 cm³/mol. The predicted octanol–water partition coefficient (Wildman–Crippen LogP) is 6.16. The zero-order valence-electron chi connectivity index (χ0n) is 17.1. The minimum Gasteiger partial charge on any atom is -0.214 e. The van der Waals surface area contributed by atoms with Crippen molar-refractivity contribution in [2.24, 2.45) is 0 Å². The van der Waals surface area contributed by atoms with Crippen molar-refractivity contribution in [1.29, 1.82) is 0 Å². The molecule has 2 bridgehead atoms. The van der Waals surface area contributed by atoms with Crippen LogP contribution in [0.25, 0.3) is 0 Å². The molecule has 146 valence electrons. The van der Waals surface area contributed by atoms with E-state index in [9.17, 15) is 0 Å². The van der Waals surface area contributed by atoms with E-state index in [1.807, 2.05) is 0 Å². The highest BCUT2D eigenvalue weighted by atomic mass is 17.2. The van der Waals surface area contributed by atoms with Crippen molar-refractivity contribution in [2.45, 2.75) is 25.0 Å². The lowest BCUT2D eigenvalue weighted by atomic mass is 9.62. The molecule has 2 heterocycles. The van der Waals surface area contributed by atoms with Gasteiger partial charge in [-0.1, -0.05) is 108 Å². The van der Waals surface area contributed by atoms with Crippen LogP contribution in [0, 0.1) is 13.8 Å². The Kier molecular flexibility index (Phi) is 3.62. The summed E-state index contributed by atoms with van der Waals surface area (Å²) >= 11 is 0. The van der Waals surface area contributed by atoms with E-state index in [4.69, 9.17) is 9.78 Å². The molecule has 0 N–H and O–H groups in total. The van der Waals surface area contributed by atoms with Crippen LogP contribution in [-0.4, -0.2) is 0 Å². The largest absolute Gasteiger partial charge is 0.214 e. The van der Waals surface area contributed by atoms with Crippen molar-refractivity contribution in [3.63, 3.8) is 0 Å². The average Bonchev–Trinajstić information content (AvgIpc) is 2.80. The van der Waals surface area contributed by atoms with Gasteiger partial charge < -0.3 is 0 Å². The summed E-state index contributed by atoms with van der Waals surface area (Å²) in [6.45, 7) is 4.20. The fraction of sp³-hybridized carbons (Fsp3) is 0.143. The van der Waals surface area contributed by atoms with E-state index in [0.717, 1.165) is 33.4 Å². The first-order valence-corrected chi connectivity index (χ1v) is 10.4. The first-order chi connectivity index (χ1) is 14.7. The molecule has 0 aromatic heterocycles. The summed E-state index contributed by atoms with van der Waals surface area (Å²) in [6, 6.07) is 34.2. The molecule has 0 unspecified atom stereocenters. The van der Waals surface area contributed by atoms with Crippen LogP contribution in [0.3, 0.4) is 0 Å². The number of hydrogen-bond donors (Lipinski definition) is 0. The van der Waals surface area contributed by atoms with Gasteiger partial charge in [0.05, 0.1) is 0 Å². The zero-order chi connectivity index (χ0) is 20.3. The molecule has 3 aliphatic rings. The van der Waals surface area contributed by atoms with Crippen molar-refractivity contribution in [3.05, 3.63) is 142 Å². The lowest BCUT2D eigenvalue weighted by molar-refractivity contribution is -0.410. The molecule has 4 aromatic carbocycles. The number of hydrogen-bond acceptors (Lipinski definition) is 2. The van der Waals surface area contributed by atoms with Gasteiger partial charge in [0.25, 0.3) is 0 Å². The minimum absolute atomic E-state index is 0.784. The molecule has 2 heteroatoms. The lowest BCUT2D eigenvalue weighted by Crippen LogP contribution is -2.53. The summed E-state index contributed by atoms with van der Waals surface area (Å²) in [4.78, 5) is 12.9. The topological polar surface area (TPSA) is 18.5 Å². The lowest BCUT2D eigenvalue weighted by Gasteiger charge is -2.53.